The van der Waals surface area contributed by atoms with E-state index < -0.39 is 0 Å². The molecule has 1 aliphatic rings. The summed E-state index contributed by atoms with van der Waals surface area (Å²) in [6, 6.07) is 16.9. The molecule has 0 radical (unpaired) electrons. The number of hydrogen-bond acceptors (Lipinski definition) is 4. The number of nitrogens with two attached hydrogens (primary N) is 1. The van der Waals surface area contributed by atoms with Crippen LogP contribution in [0.3, 0.4) is 0 Å². The second-order valence-electron chi connectivity index (χ2n) is 6.08. The molecular formula is C19H25N3O. The Morgan fingerprint density at radius 1 is 1.09 bits per heavy atom. The molecule has 2 unspecified atom stereocenters. The maximum Gasteiger partial charge on any atom is 0.124 e. The molecule has 3 rings (SSSR count). The fourth-order valence-electron chi connectivity index (χ4n) is 2.97. The Hall–Kier alpha value is -1.88. The molecule has 0 aromatic heterocycles. The second-order valence-corrected chi connectivity index (χ2v) is 6.08. The lowest BCUT2D eigenvalue weighted by atomic mass is 9.99. The van der Waals surface area contributed by atoms with Gasteiger partial charge in [0.05, 0.1) is 12.2 Å². The number of benzene rings is 2. The third-order valence-corrected chi connectivity index (χ3v) is 4.16. The van der Waals surface area contributed by atoms with E-state index in [-0.39, 0.29) is 12.2 Å². The molecule has 0 saturated carbocycles. The molecule has 0 bridgehead atoms. The zero-order valence-electron chi connectivity index (χ0n) is 13.6. The normalized spacial score (nSPS) is 20.6. The van der Waals surface area contributed by atoms with Crippen molar-refractivity contribution < 1.29 is 4.74 Å². The van der Waals surface area contributed by atoms with E-state index in [1.165, 1.54) is 16.7 Å². The molecule has 1 aliphatic heterocycles. The average molecular weight is 311 g/mol. The number of hydrazine groups is 1. The maximum absolute atomic E-state index is 6.10. The molecule has 122 valence electrons. The van der Waals surface area contributed by atoms with Crippen molar-refractivity contribution in [2.45, 2.75) is 45.0 Å². The van der Waals surface area contributed by atoms with Gasteiger partial charge in [0.1, 0.15) is 12.4 Å². The number of nitrogens with one attached hydrogen (secondary N) is 2. The number of hydrogen-bond donors (Lipinski definition) is 3. The number of aryl methyl sites for hydroxylation is 1. The van der Waals surface area contributed by atoms with E-state index in [4.69, 9.17) is 10.5 Å². The molecule has 2 aromatic rings. The zero-order valence-corrected chi connectivity index (χ0v) is 13.6. The van der Waals surface area contributed by atoms with Crippen LogP contribution in [0.4, 0.5) is 0 Å². The van der Waals surface area contributed by atoms with Crippen molar-refractivity contribution in [3.63, 3.8) is 0 Å². The van der Waals surface area contributed by atoms with E-state index in [0.717, 1.165) is 25.0 Å². The molecule has 23 heavy (non-hydrogen) atoms. The Bertz CT molecular complexity index is 630. The van der Waals surface area contributed by atoms with Gasteiger partial charge < -0.3 is 10.5 Å². The summed E-state index contributed by atoms with van der Waals surface area (Å²) in [5, 5.41) is 0. The predicted octanol–water partition coefficient (Wildman–Crippen LogP) is 3.04. The Morgan fingerprint density at radius 3 is 2.61 bits per heavy atom. The quantitative estimate of drug-likeness (QED) is 0.767. The lowest BCUT2D eigenvalue weighted by Crippen LogP contribution is -2.36. The molecule has 1 heterocycles. The molecule has 4 heteroatoms. The molecule has 2 aromatic carbocycles. The first-order valence-electron chi connectivity index (χ1n) is 8.32. The number of rotatable bonds is 6. The summed E-state index contributed by atoms with van der Waals surface area (Å²) in [4.78, 5) is 0. The van der Waals surface area contributed by atoms with Crippen LogP contribution in [-0.2, 0) is 13.0 Å². The van der Waals surface area contributed by atoms with Gasteiger partial charge in [0, 0.05) is 5.56 Å². The molecule has 0 spiro atoms. The highest BCUT2D eigenvalue weighted by molar-refractivity contribution is 5.40. The van der Waals surface area contributed by atoms with E-state index in [0.29, 0.717) is 6.61 Å². The molecule has 0 amide bonds. The summed E-state index contributed by atoms with van der Waals surface area (Å²) >= 11 is 0. The van der Waals surface area contributed by atoms with Gasteiger partial charge >= 0.3 is 0 Å². The maximum atomic E-state index is 6.10. The predicted molar refractivity (Wildman–Crippen MR) is 92.8 cm³/mol. The standard InChI is InChI=1S/C19H25N3O/c1-2-6-14-9-10-18(23-13-15-7-4-3-5-8-15)16(11-14)17-12-19(20)22-21-17/h3-5,7-11,17,19,21-22H,2,6,12-13,20H2,1H3. The van der Waals surface area contributed by atoms with Crippen LogP contribution in [0.2, 0.25) is 0 Å². The highest BCUT2D eigenvalue weighted by atomic mass is 16.5. The SMILES string of the molecule is CCCc1ccc(OCc2ccccc2)c(C2CC(N)NN2)c1. The van der Waals surface area contributed by atoms with Crippen molar-refractivity contribution in [3.05, 3.63) is 65.2 Å². The first-order chi connectivity index (χ1) is 11.3. The third-order valence-electron chi connectivity index (χ3n) is 4.16. The Labute approximate surface area is 138 Å². The largest absolute Gasteiger partial charge is 0.489 e. The van der Waals surface area contributed by atoms with Crippen LogP contribution >= 0.6 is 0 Å². The van der Waals surface area contributed by atoms with Gasteiger partial charge in [0.25, 0.3) is 0 Å². The van der Waals surface area contributed by atoms with E-state index in [2.05, 4.69) is 48.1 Å². The van der Waals surface area contributed by atoms with Crippen LogP contribution in [-0.4, -0.2) is 6.17 Å². The van der Waals surface area contributed by atoms with Gasteiger partial charge in [-0.15, -0.1) is 0 Å². The summed E-state index contributed by atoms with van der Waals surface area (Å²) in [5.74, 6) is 0.933. The van der Waals surface area contributed by atoms with E-state index >= 15 is 0 Å². The van der Waals surface area contributed by atoms with E-state index in [1.807, 2.05) is 18.2 Å². The molecule has 1 saturated heterocycles. The van der Waals surface area contributed by atoms with Gasteiger partial charge in [-0.1, -0.05) is 55.8 Å². The Balaban J connectivity index is 1.80. The topological polar surface area (TPSA) is 59.3 Å². The van der Waals surface area contributed by atoms with E-state index in [9.17, 15) is 0 Å². The Morgan fingerprint density at radius 2 is 1.91 bits per heavy atom. The third kappa shape index (κ3) is 4.10. The molecular weight excluding hydrogens is 286 g/mol. The fourth-order valence-corrected chi connectivity index (χ4v) is 2.97. The van der Waals surface area contributed by atoms with Gasteiger partial charge in [0.15, 0.2) is 0 Å². The Kier molecular flexibility index (Phi) is 5.28. The average Bonchev–Trinajstić information content (AvgIpc) is 3.01. The van der Waals surface area contributed by atoms with Crippen LogP contribution in [0.1, 0.15) is 42.5 Å². The van der Waals surface area contributed by atoms with Crippen molar-refractivity contribution >= 4 is 0 Å². The first kappa shape index (κ1) is 16.0. The van der Waals surface area contributed by atoms with Gasteiger partial charge in [-0.2, -0.15) is 0 Å². The molecule has 1 fully saturated rings. The van der Waals surface area contributed by atoms with E-state index in [1.54, 1.807) is 0 Å². The highest BCUT2D eigenvalue weighted by Crippen LogP contribution is 2.31. The van der Waals surface area contributed by atoms with Crippen molar-refractivity contribution in [2.24, 2.45) is 5.73 Å². The van der Waals surface area contributed by atoms with Gasteiger partial charge in [0.2, 0.25) is 0 Å². The lowest BCUT2D eigenvalue weighted by molar-refractivity contribution is 0.299. The van der Waals surface area contributed by atoms with Crippen molar-refractivity contribution in [2.75, 3.05) is 0 Å². The lowest BCUT2D eigenvalue weighted by Gasteiger charge is -2.17. The van der Waals surface area contributed by atoms with Crippen molar-refractivity contribution in [3.8, 4) is 5.75 Å². The molecule has 0 aliphatic carbocycles. The summed E-state index contributed by atoms with van der Waals surface area (Å²) in [7, 11) is 0. The minimum absolute atomic E-state index is 0.0168. The second kappa shape index (κ2) is 7.59. The van der Waals surface area contributed by atoms with Crippen molar-refractivity contribution in [1.29, 1.82) is 0 Å². The molecule has 2 atom stereocenters. The molecule has 4 nitrogen and oxygen atoms in total. The van der Waals surface area contributed by atoms with Crippen molar-refractivity contribution in [1.82, 2.24) is 10.9 Å². The van der Waals surface area contributed by atoms with Crippen LogP contribution < -0.4 is 21.3 Å². The first-order valence-corrected chi connectivity index (χ1v) is 8.32. The van der Waals surface area contributed by atoms with Crippen LogP contribution in [0.25, 0.3) is 0 Å². The van der Waals surface area contributed by atoms with Crippen LogP contribution in [0.5, 0.6) is 5.75 Å². The van der Waals surface area contributed by atoms with Crippen LogP contribution in [0.15, 0.2) is 48.5 Å². The smallest absolute Gasteiger partial charge is 0.124 e. The molecule has 4 N–H and O–H groups in total. The minimum Gasteiger partial charge on any atom is -0.489 e. The minimum atomic E-state index is -0.0168. The van der Waals surface area contributed by atoms with Gasteiger partial charge in [-0.3, -0.25) is 0 Å². The summed E-state index contributed by atoms with van der Waals surface area (Å²) < 4.78 is 6.10. The highest BCUT2D eigenvalue weighted by Gasteiger charge is 2.25. The summed E-state index contributed by atoms with van der Waals surface area (Å²) in [6.07, 6.45) is 3.06. The summed E-state index contributed by atoms with van der Waals surface area (Å²) in [5.41, 5.74) is 16.0. The fraction of sp³-hybridized carbons (Fsp3) is 0.368. The zero-order chi connectivity index (χ0) is 16.1. The van der Waals surface area contributed by atoms with Crippen LogP contribution in [0, 0.1) is 0 Å². The monoisotopic (exact) mass is 311 g/mol. The van der Waals surface area contributed by atoms with Gasteiger partial charge in [-0.05, 0) is 30.0 Å². The number of ether oxygens (including phenoxy) is 1. The van der Waals surface area contributed by atoms with Gasteiger partial charge in [-0.25, -0.2) is 10.9 Å². The summed E-state index contributed by atoms with van der Waals surface area (Å²) in [6.45, 7) is 2.78.